The van der Waals surface area contributed by atoms with E-state index in [2.05, 4.69) is 9.97 Å². The maximum Gasteiger partial charge on any atom is 0.309 e. The standard InChI is InChI=1S/C19H19N3O3/c1-2-24-18(23)8-9-25-16-5-3-4-13(11-16)14-6-7-17-15(10-14)12-21-19(20)22-17/h3-7,10-12H,2,8-9H2,1H3,(H2,20,21,22). The lowest BCUT2D eigenvalue weighted by molar-refractivity contribution is -0.143. The number of fused-ring (bicyclic) bond motifs is 1. The van der Waals surface area contributed by atoms with Gasteiger partial charge in [0.2, 0.25) is 5.95 Å². The fourth-order valence-electron chi connectivity index (χ4n) is 2.48. The summed E-state index contributed by atoms with van der Waals surface area (Å²) in [6.07, 6.45) is 1.94. The number of hydrogen-bond acceptors (Lipinski definition) is 6. The Hall–Kier alpha value is -3.15. The Kier molecular flexibility index (Phi) is 5.09. The Bertz CT molecular complexity index is 896. The number of benzene rings is 2. The number of esters is 1. The average Bonchev–Trinajstić information content (AvgIpc) is 2.62. The molecular formula is C19H19N3O3. The van der Waals surface area contributed by atoms with Gasteiger partial charge < -0.3 is 15.2 Å². The number of carbonyl (C=O) groups excluding carboxylic acids is 1. The van der Waals surface area contributed by atoms with Gasteiger partial charge in [0.1, 0.15) is 5.75 Å². The maximum absolute atomic E-state index is 11.3. The van der Waals surface area contributed by atoms with Crippen LogP contribution in [0.4, 0.5) is 5.95 Å². The monoisotopic (exact) mass is 337 g/mol. The van der Waals surface area contributed by atoms with Crippen LogP contribution < -0.4 is 10.5 Å². The largest absolute Gasteiger partial charge is 0.493 e. The summed E-state index contributed by atoms with van der Waals surface area (Å²) in [5, 5.41) is 0.917. The van der Waals surface area contributed by atoms with E-state index in [-0.39, 0.29) is 24.9 Å². The van der Waals surface area contributed by atoms with Gasteiger partial charge >= 0.3 is 5.97 Å². The molecule has 6 nitrogen and oxygen atoms in total. The SMILES string of the molecule is CCOC(=O)CCOc1cccc(-c2ccc3nc(N)ncc3c2)c1. The van der Waals surface area contributed by atoms with E-state index in [1.165, 1.54) is 0 Å². The third kappa shape index (κ3) is 4.23. The second kappa shape index (κ2) is 7.61. The Morgan fingerprint density at radius 3 is 2.84 bits per heavy atom. The van der Waals surface area contributed by atoms with Gasteiger partial charge in [0.05, 0.1) is 25.2 Å². The molecule has 0 aliphatic heterocycles. The Morgan fingerprint density at radius 2 is 2.00 bits per heavy atom. The second-order valence-corrected chi connectivity index (χ2v) is 5.43. The van der Waals surface area contributed by atoms with Crippen LogP contribution in [0.15, 0.2) is 48.7 Å². The van der Waals surface area contributed by atoms with Crippen molar-refractivity contribution in [1.29, 1.82) is 0 Å². The lowest BCUT2D eigenvalue weighted by atomic mass is 10.0. The molecule has 25 heavy (non-hydrogen) atoms. The summed E-state index contributed by atoms with van der Waals surface area (Å²) in [5.74, 6) is 0.708. The predicted molar refractivity (Wildman–Crippen MR) is 96.1 cm³/mol. The molecule has 1 aromatic heterocycles. The molecule has 128 valence electrons. The third-order valence-corrected chi connectivity index (χ3v) is 3.65. The van der Waals surface area contributed by atoms with Gasteiger partial charge in [-0.2, -0.15) is 0 Å². The average molecular weight is 337 g/mol. The van der Waals surface area contributed by atoms with Crippen molar-refractivity contribution in [2.75, 3.05) is 18.9 Å². The van der Waals surface area contributed by atoms with Crippen molar-refractivity contribution in [3.05, 3.63) is 48.7 Å². The van der Waals surface area contributed by atoms with Crippen LogP contribution in [0.3, 0.4) is 0 Å². The number of nitrogen functional groups attached to an aromatic ring is 1. The van der Waals surface area contributed by atoms with Gasteiger partial charge in [-0.1, -0.05) is 18.2 Å². The zero-order valence-corrected chi connectivity index (χ0v) is 13.9. The number of rotatable bonds is 6. The minimum atomic E-state index is -0.257. The molecule has 0 unspecified atom stereocenters. The van der Waals surface area contributed by atoms with Crippen molar-refractivity contribution in [2.24, 2.45) is 0 Å². The van der Waals surface area contributed by atoms with Crippen LogP contribution >= 0.6 is 0 Å². The molecule has 0 aliphatic rings. The van der Waals surface area contributed by atoms with Crippen molar-refractivity contribution < 1.29 is 14.3 Å². The first-order valence-corrected chi connectivity index (χ1v) is 8.07. The van der Waals surface area contributed by atoms with Crippen molar-refractivity contribution in [3.8, 4) is 16.9 Å². The number of nitrogens with zero attached hydrogens (tertiary/aromatic N) is 2. The predicted octanol–water partition coefficient (Wildman–Crippen LogP) is 3.21. The molecule has 3 rings (SSSR count). The van der Waals surface area contributed by atoms with E-state index in [4.69, 9.17) is 15.2 Å². The normalized spacial score (nSPS) is 10.6. The van der Waals surface area contributed by atoms with Crippen molar-refractivity contribution in [1.82, 2.24) is 9.97 Å². The Labute approximate surface area is 145 Å². The van der Waals surface area contributed by atoms with Crippen LogP contribution in [0.2, 0.25) is 0 Å². The van der Waals surface area contributed by atoms with Gasteiger partial charge in [-0.15, -0.1) is 0 Å². The van der Waals surface area contributed by atoms with Gasteiger partial charge in [0.15, 0.2) is 0 Å². The first-order valence-electron chi connectivity index (χ1n) is 8.07. The molecule has 0 aliphatic carbocycles. The molecule has 0 bridgehead atoms. The molecule has 1 heterocycles. The number of nitrogens with two attached hydrogens (primary N) is 1. The van der Waals surface area contributed by atoms with Crippen LogP contribution in [0.1, 0.15) is 13.3 Å². The van der Waals surface area contributed by atoms with Crippen molar-refractivity contribution in [2.45, 2.75) is 13.3 Å². The van der Waals surface area contributed by atoms with Gasteiger partial charge in [-0.3, -0.25) is 4.79 Å². The van der Waals surface area contributed by atoms with E-state index in [0.29, 0.717) is 12.4 Å². The molecule has 0 amide bonds. The lowest BCUT2D eigenvalue weighted by Crippen LogP contribution is -2.09. The highest BCUT2D eigenvalue weighted by Crippen LogP contribution is 2.26. The van der Waals surface area contributed by atoms with E-state index >= 15 is 0 Å². The highest BCUT2D eigenvalue weighted by Gasteiger charge is 2.05. The van der Waals surface area contributed by atoms with E-state index in [1.807, 2.05) is 42.5 Å². The highest BCUT2D eigenvalue weighted by molar-refractivity contribution is 5.84. The number of anilines is 1. The zero-order valence-electron chi connectivity index (χ0n) is 13.9. The van der Waals surface area contributed by atoms with Crippen molar-refractivity contribution in [3.63, 3.8) is 0 Å². The van der Waals surface area contributed by atoms with Crippen LogP contribution in [-0.2, 0) is 9.53 Å². The zero-order chi connectivity index (χ0) is 17.6. The molecule has 2 aromatic carbocycles. The topological polar surface area (TPSA) is 87.3 Å². The summed E-state index contributed by atoms with van der Waals surface area (Å²) in [4.78, 5) is 19.6. The maximum atomic E-state index is 11.3. The van der Waals surface area contributed by atoms with E-state index < -0.39 is 0 Å². The van der Waals surface area contributed by atoms with E-state index in [9.17, 15) is 4.79 Å². The molecule has 0 spiro atoms. The molecule has 2 N–H and O–H groups in total. The molecule has 6 heteroatoms. The number of carbonyl (C=O) groups is 1. The summed E-state index contributed by atoms with van der Waals surface area (Å²) in [5.41, 5.74) is 8.44. The molecule has 0 saturated heterocycles. The summed E-state index contributed by atoms with van der Waals surface area (Å²) in [7, 11) is 0. The van der Waals surface area contributed by atoms with Gasteiger partial charge in [-0.25, -0.2) is 9.97 Å². The first-order chi connectivity index (χ1) is 12.2. The quantitative estimate of drug-likeness (QED) is 0.695. The number of aromatic nitrogens is 2. The molecule has 0 radical (unpaired) electrons. The summed E-state index contributed by atoms with van der Waals surface area (Å²) < 4.78 is 10.5. The highest BCUT2D eigenvalue weighted by atomic mass is 16.5. The summed E-state index contributed by atoms with van der Waals surface area (Å²) >= 11 is 0. The third-order valence-electron chi connectivity index (χ3n) is 3.65. The summed E-state index contributed by atoms with van der Waals surface area (Å²) in [6.45, 7) is 2.45. The molecule has 0 saturated carbocycles. The Balaban J connectivity index is 1.74. The van der Waals surface area contributed by atoms with Gasteiger partial charge in [0.25, 0.3) is 0 Å². The fraction of sp³-hybridized carbons (Fsp3) is 0.211. The number of ether oxygens (including phenoxy) is 2. The Morgan fingerprint density at radius 1 is 1.16 bits per heavy atom. The van der Waals surface area contributed by atoms with Crippen LogP contribution in [-0.4, -0.2) is 29.2 Å². The molecule has 0 fully saturated rings. The van der Waals surface area contributed by atoms with Crippen LogP contribution in [0.5, 0.6) is 5.75 Å². The van der Waals surface area contributed by atoms with Crippen molar-refractivity contribution >= 4 is 22.8 Å². The van der Waals surface area contributed by atoms with Crippen LogP contribution in [0.25, 0.3) is 22.0 Å². The smallest absolute Gasteiger partial charge is 0.309 e. The summed E-state index contributed by atoms with van der Waals surface area (Å²) in [6, 6.07) is 13.6. The minimum Gasteiger partial charge on any atom is -0.493 e. The molecule has 0 atom stereocenters. The van der Waals surface area contributed by atoms with Gasteiger partial charge in [-0.05, 0) is 42.3 Å². The molecular weight excluding hydrogens is 318 g/mol. The second-order valence-electron chi connectivity index (χ2n) is 5.43. The van der Waals surface area contributed by atoms with E-state index in [1.54, 1.807) is 13.1 Å². The van der Waals surface area contributed by atoms with Crippen LogP contribution in [0, 0.1) is 0 Å². The minimum absolute atomic E-state index is 0.229. The number of hydrogen-bond donors (Lipinski definition) is 1. The fourth-order valence-corrected chi connectivity index (χ4v) is 2.48. The molecule has 3 aromatic rings. The van der Waals surface area contributed by atoms with Gasteiger partial charge in [0, 0.05) is 11.6 Å². The van der Waals surface area contributed by atoms with E-state index in [0.717, 1.165) is 22.0 Å². The first kappa shape index (κ1) is 16.7. The lowest BCUT2D eigenvalue weighted by Gasteiger charge is -2.09.